The van der Waals surface area contributed by atoms with Gasteiger partial charge in [0.15, 0.2) is 0 Å². The lowest BCUT2D eigenvalue weighted by atomic mass is 9.74. The van der Waals surface area contributed by atoms with E-state index in [9.17, 15) is 9.18 Å². The second-order valence-corrected chi connectivity index (χ2v) is 5.55. The van der Waals surface area contributed by atoms with E-state index in [2.05, 4.69) is 17.6 Å². The van der Waals surface area contributed by atoms with Gasteiger partial charge in [-0.1, -0.05) is 19.8 Å². The fraction of sp³-hybridized carbons (Fsp3) is 0.500. The summed E-state index contributed by atoms with van der Waals surface area (Å²) in [5, 5.41) is 6.18. The van der Waals surface area contributed by atoms with E-state index in [-0.39, 0.29) is 11.7 Å². The summed E-state index contributed by atoms with van der Waals surface area (Å²) in [6.07, 6.45) is 3.83. The number of carbonyl (C=O) groups is 1. The highest BCUT2D eigenvalue weighted by Crippen LogP contribution is 2.40. The molecule has 2 N–H and O–H groups in total. The van der Waals surface area contributed by atoms with Gasteiger partial charge in [0.2, 0.25) is 5.91 Å². The maximum Gasteiger partial charge on any atom is 0.250 e. The summed E-state index contributed by atoms with van der Waals surface area (Å²) in [5.41, 5.74) is 0.826. The van der Waals surface area contributed by atoms with Crippen molar-refractivity contribution in [2.75, 3.05) is 10.6 Å². The summed E-state index contributed by atoms with van der Waals surface area (Å²) in [6, 6.07) is 4.42. The van der Waals surface area contributed by atoms with E-state index in [0.29, 0.717) is 17.3 Å². The summed E-state index contributed by atoms with van der Waals surface area (Å²) in [5.74, 6) is 0.261. The van der Waals surface area contributed by atoms with Gasteiger partial charge < -0.3 is 10.6 Å². The Kier molecular flexibility index (Phi) is 2.54. The van der Waals surface area contributed by atoms with Gasteiger partial charge in [0.25, 0.3) is 0 Å². The molecule has 1 saturated carbocycles. The summed E-state index contributed by atoms with van der Waals surface area (Å²) < 4.78 is 13.3. The van der Waals surface area contributed by atoms with E-state index >= 15 is 0 Å². The third-order valence-corrected chi connectivity index (χ3v) is 4.04. The van der Waals surface area contributed by atoms with E-state index in [1.54, 1.807) is 6.07 Å². The van der Waals surface area contributed by atoms with Crippen LogP contribution in [-0.4, -0.2) is 11.4 Å². The van der Waals surface area contributed by atoms with E-state index in [0.717, 1.165) is 25.7 Å². The first-order valence-electron chi connectivity index (χ1n) is 6.48. The predicted molar refractivity (Wildman–Crippen MR) is 69.0 cm³/mol. The third kappa shape index (κ3) is 1.76. The summed E-state index contributed by atoms with van der Waals surface area (Å²) in [4.78, 5) is 12.3. The Morgan fingerprint density at radius 3 is 3.00 bits per heavy atom. The Morgan fingerprint density at radius 1 is 1.39 bits per heavy atom. The molecule has 18 heavy (non-hydrogen) atoms. The number of fused-ring (bicyclic) bond motifs is 1. The SMILES string of the molecule is CC1CCCC2(C1)Nc1cc(F)ccc1NC2=O. The van der Waals surface area contributed by atoms with Gasteiger partial charge in [0.05, 0.1) is 11.4 Å². The van der Waals surface area contributed by atoms with Crippen LogP contribution in [0.2, 0.25) is 0 Å². The third-order valence-electron chi connectivity index (χ3n) is 4.04. The standard InChI is InChI=1S/C14H17FN2O/c1-9-3-2-6-14(8-9)13(18)16-11-5-4-10(15)7-12(11)17-14/h4-5,7,9,17H,2-3,6,8H2,1H3,(H,16,18). The van der Waals surface area contributed by atoms with Crippen LogP contribution in [0.3, 0.4) is 0 Å². The molecule has 96 valence electrons. The number of hydrogen-bond donors (Lipinski definition) is 2. The molecule has 1 aromatic carbocycles. The van der Waals surface area contributed by atoms with Crippen LogP contribution in [0.25, 0.3) is 0 Å². The molecule has 0 saturated heterocycles. The number of benzene rings is 1. The number of carbonyl (C=O) groups excluding carboxylic acids is 1. The minimum absolute atomic E-state index is 0.0214. The van der Waals surface area contributed by atoms with Gasteiger partial charge in [-0.15, -0.1) is 0 Å². The highest BCUT2D eigenvalue weighted by atomic mass is 19.1. The highest BCUT2D eigenvalue weighted by Gasteiger charge is 2.44. The molecule has 2 atom stereocenters. The average Bonchev–Trinajstić information content (AvgIpc) is 2.31. The first-order chi connectivity index (χ1) is 8.59. The molecule has 1 aromatic rings. The van der Waals surface area contributed by atoms with E-state index < -0.39 is 5.54 Å². The monoisotopic (exact) mass is 248 g/mol. The van der Waals surface area contributed by atoms with Crippen LogP contribution in [0, 0.1) is 11.7 Å². The molecule has 1 aliphatic carbocycles. The lowest BCUT2D eigenvalue weighted by Crippen LogP contribution is -2.54. The number of anilines is 2. The van der Waals surface area contributed by atoms with Crippen molar-refractivity contribution in [1.29, 1.82) is 0 Å². The minimum atomic E-state index is -0.543. The second kappa shape index (κ2) is 3.97. The Balaban J connectivity index is 1.97. The normalized spacial score (nSPS) is 30.6. The molecule has 1 aliphatic heterocycles. The van der Waals surface area contributed by atoms with Crippen molar-refractivity contribution in [1.82, 2.24) is 0 Å². The van der Waals surface area contributed by atoms with Crippen LogP contribution in [0.15, 0.2) is 18.2 Å². The summed E-state index contributed by atoms with van der Waals surface area (Å²) in [7, 11) is 0. The van der Waals surface area contributed by atoms with Crippen molar-refractivity contribution < 1.29 is 9.18 Å². The van der Waals surface area contributed by atoms with E-state index in [1.165, 1.54) is 12.1 Å². The zero-order chi connectivity index (χ0) is 12.8. The van der Waals surface area contributed by atoms with Gasteiger partial charge >= 0.3 is 0 Å². The van der Waals surface area contributed by atoms with Gasteiger partial charge in [-0.05, 0) is 37.0 Å². The fourth-order valence-electron chi connectivity index (χ4n) is 3.16. The summed E-state index contributed by atoms with van der Waals surface area (Å²) in [6.45, 7) is 2.16. The largest absolute Gasteiger partial charge is 0.369 e. The molecule has 2 unspecified atom stereocenters. The Morgan fingerprint density at radius 2 is 2.22 bits per heavy atom. The number of rotatable bonds is 0. The zero-order valence-corrected chi connectivity index (χ0v) is 10.4. The van der Waals surface area contributed by atoms with Gasteiger partial charge in [0, 0.05) is 0 Å². The average molecular weight is 248 g/mol. The molecular formula is C14H17FN2O. The molecule has 3 nitrogen and oxygen atoms in total. The maximum absolute atomic E-state index is 13.3. The molecule has 3 rings (SSSR count). The van der Waals surface area contributed by atoms with Gasteiger partial charge in [-0.3, -0.25) is 4.79 Å². The summed E-state index contributed by atoms with van der Waals surface area (Å²) >= 11 is 0. The number of nitrogens with one attached hydrogen (secondary N) is 2. The van der Waals surface area contributed by atoms with Crippen molar-refractivity contribution >= 4 is 17.3 Å². The van der Waals surface area contributed by atoms with Crippen molar-refractivity contribution in [2.24, 2.45) is 5.92 Å². The van der Waals surface area contributed by atoms with Crippen LogP contribution < -0.4 is 10.6 Å². The molecule has 1 amide bonds. The molecular weight excluding hydrogens is 231 g/mol. The molecule has 0 bridgehead atoms. The van der Waals surface area contributed by atoms with E-state index in [4.69, 9.17) is 0 Å². The lowest BCUT2D eigenvalue weighted by molar-refractivity contribution is -0.122. The predicted octanol–water partition coefficient (Wildman–Crippen LogP) is 3.14. The highest BCUT2D eigenvalue weighted by molar-refractivity contribution is 6.06. The first-order valence-corrected chi connectivity index (χ1v) is 6.48. The van der Waals surface area contributed by atoms with Crippen LogP contribution >= 0.6 is 0 Å². The van der Waals surface area contributed by atoms with Gasteiger partial charge in [-0.2, -0.15) is 0 Å². The van der Waals surface area contributed by atoms with Crippen LogP contribution in [0.4, 0.5) is 15.8 Å². The van der Waals surface area contributed by atoms with Crippen LogP contribution in [0.5, 0.6) is 0 Å². The van der Waals surface area contributed by atoms with Gasteiger partial charge in [-0.25, -0.2) is 4.39 Å². The van der Waals surface area contributed by atoms with Crippen molar-refractivity contribution in [2.45, 2.75) is 38.1 Å². The van der Waals surface area contributed by atoms with Crippen LogP contribution in [-0.2, 0) is 4.79 Å². The van der Waals surface area contributed by atoms with Crippen molar-refractivity contribution in [3.05, 3.63) is 24.0 Å². The number of halogens is 1. The first kappa shape index (κ1) is 11.5. The van der Waals surface area contributed by atoms with Crippen LogP contribution in [0.1, 0.15) is 32.6 Å². The smallest absolute Gasteiger partial charge is 0.250 e. The topological polar surface area (TPSA) is 41.1 Å². The molecule has 1 spiro atoms. The lowest BCUT2D eigenvalue weighted by Gasteiger charge is -2.43. The minimum Gasteiger partial charge on any atom is -0.369 e. The number of amides is 1. The second-order valence-electron chi connectivity index (χ2n) is 5.55. The maximum atomic E-state index is 13.3. The molecule has 1 fully saturated rings. The van der Waals surface area contributed by atoms with Crippen molar-refractivity contribution in [3.63, 3.8) is 0 Å². The van der Waals surface area contributed by atoms with Gasteiger partial charge in [0.1, 0.15) is 11.4 Å². The molecule has 0 radical (unpaired) electrons. The van der Waals surface area contributed by atoms with Crippen molar-refractivity contribution in [3.8, 4) is 0 Å². The Hall–Kier alpha value is -1.58. The Labute approximate surface area is 106 Å². The molecule has 1 heterocycles. The fourth-order valence-corrected chi connectivity index (χ4v) is 3.16. The molecule has 4 heteroatoms. The molecule has 0 aromatic heterocycles. The Bertz CT molecular complexity index is 503. The number of hydrogen-bond acceptors (Lipinski definition) is 2. The zero-order valence-electron chi connectivity index (χ0n) is 10.4. The van der Waals surface area contributed by atoms with E-state index in [1.807, 2.05) is 0 Å². The quantitative estimate of drug-likeness (QED) is 0.740. The molecule has 2 aliphatic rings.